The van der Waals surface area contributed by atoms with Crippen molar-refractivity contribution in [3.8, 4) is 5.75 Å². The van der Waals surface area contributed by atoms with Crippen LogP contribution in [0.3, 0.4) is 0 Å². The van der Waals surface area contributed by atoms with Crippen LogP contribution in [-0.4, -0.2) is 31.9 Å². The van der Waals surface area contributed by atoms with E-state index >= 15 is 0 Å². The van der Waals surface area contributed by atoms with Gasteiger partial charge in [-0.1, -0.05) is 32.9 Å². The molecular weight excluding hydrogens is 262 g/mol. The van der Waals surface area contributed by atoms with Gasteiger partial charge in [-0.2, -0.15) is 0 Å². The van der Waals surface area contributed by atoms with Crippen LogP contribution in [0.1, 0.15) is 46.1 Å². The molecule has 0 aliphatic carbocycles. The molecule has 1 aromatic rings. The van der Waals surface area contributed by atoms with Gasteiger partial charge in [-0.15, -0.1) is 0 Å². The van der Waals surface area contributed by atoms with Crippen molar-refractivity contribution in [1.29, 1.82) is 0 Å². The molecule has 118 valence electrons. The molecule has 1 aliphatic rings. The maximum atomic E-state index is 5.85. The van der Waals surface area contributed by atoms with Crippen LogP contribution in [-0.2, 0) is 10.2 Å². The first-order valence-electron chi connectivity index (χ1n) is 8.05. The minimum atomic E-state index is 0.159. The zero-order valence-corrected chi connectivity index (χ0v) is 13.8. The lowest BCUT2D eigenvalue weighted by Crippen LogP contribution is -2.39. The van der Waals surface area contributed by atoms with Gasteiger partial charge < -0.3 is 14.8 Å². The Hall–Kier alpha value is -1.06. The number of nitrogens with one attached hydrogen (secondary N) is 1. The Bertz CT molecular complexity index is 433. The summed E-state index contributed by atoms with van der Waals surface area (Å²) in [6.07, 6.45) is 2.73. The summed E-state index contributed by atoms with van der Waals surface area (Å²) in [5, 5.41) is 3.49. The highest BCUT2D eigenvalue weighted by molar-refractivity contribution is 5.32. The van der Waals surface area contributed by atoms with Crippen LogP contribution in [0.4, 0.5) is 0 Å². The van der Waals surface area contributed by atoms with E-state index in [1.165, 1.54) is 18.4 Å². The van der Waals surface area contributed by atoms with Gasteiger partial charge in [0.05, 0.1) is 6.10 Å². The van der Waals surface area contributed by atoms with Gasteiger partial charge in [-0.05, 0) is 42.9 Å². The minimum Gasteiger partial charge on any atom is -0.492 e. The highest BCUT2D eigenvalue weighted by atomic mass is 16.5. The number of hydrogen-bond donors (Lipinski definition) is 1. The van der Waals surface area contributed by atoms with Gasteiger partial charge in [0.25, 0.3) is 0 Å². The van der Waals surface area contributed by atoms with Crippen LogP contribution in [0.25, 0.3) is 0 Å². The Morgan fingerprint density at radius 1 is 1.38 bits per heavy atom. The Morgan fingerprint density at radius 2 is 2.19 bits per heavy atom. The molecule has 0 spiro atoms. The minimum absolute atomic E-state index is 0.159. The summed E-state index contributed by atoms with van der Waals surface area (Å²) < 4.78 is 11.5. The Labute approximate surface area is 129 Å². The molecule has 2 unspecified atom stereocenters. The SMILES string of the molecule is CC(NCCOc1cccc(C(C)(C)C)c1)C1CCCO1. The number of ether oxygens (including phenoxy) is 2. The van der Waals surface area contributed by atoms with E-state index in [1.807, 2.05) is 6.07 Å². The van der Waals surface area contributed by atoms with Crippen molar-refractivity contribution < 1.29 is 9.47 Å². The molecule has 1 aromatic carbocycles. The second-order valence-electron chi connectivity index (χ2n) is 6.92. The monoisotopic (exact) mass is 291 g/mol. The summed E-state index contributed by atoms with van der Waals surface area (Å²) in [6, 6.07) is 8.79. The van der Waals surface area contributed by atoms with Crippen LogP contribution in [0.2, 0.25) is 0 Å². The topological polar surface area (TPSA) is 30.5 Å². The van der Waals surface area contributed by atoms with E-state index in [0.29, 0.717) is 18.8 Å². The van der Waals surface area contributed by atoms with Gasteiger partial charge in [-0.25, -0.2) is 0 Å². The molecule has 2 rings (SSSR count). The van der Waals surface area contributed by atoms with Gasteiger partial charge in [0, 0.05) is 19.2 Å². The number of hydrogen-bond acceptors (Lipinski definition) is 3. The fourth-order valence-corrected chi connectivity index (χ4v) is 2.64. The molecule has 3 heteroatoms. The van der Waals surface area contributed by atoms with E-state index in [9.17, 15) is 0 Å². The molecule has 0 bridgehead atoms. The number of rotatable bonds is 6. The van der Waals surface area contributed by atoms with Gasteiger partial charge in [-0.3, -0.25) is 0 Å². The molecule has 21 heavy (non-hydrogen) atoms. The van der Waals surface area contributed by atoms with Crippen molar-refractivity contribution in [2.24, 2.45) is 0 Å². The molecule has 3 nitrogen and oxygen atoms in total. The summed E-state index contributed by atoms with van der Waals surface area (Å²) in [7, 11) is 0. The van der Waals surface area contributed by atoms with E-state index in [1.54, 1.807) is 0 Å². The second-order valence-corrected chi connectivity index (χ2v) is 6.92. The van der Waals surface area contributed by atoms with Crippen molar-refractivity contribution in [2.75, 3.05) is 19.8 Å². The molecule has 0 saturated carbocycles. The van der Waals surface area contributed by atoms with Gasteiger partial charge in [0.1, 0.15) is 12.4 Å². The summed E-state index contributed by atoms with van der Waals surface area (Å²) >= 11 is 0. The van der Waals surface area contributed by atoms with E-state index in [4.69, 9.17) is 9.47 Å². The van der Waals surface area contributed by atoms with Crippen LogP contribution in [0.15, 0.2) is 24.3 Å². The van der Waals surface area contributed by atoms with E-state index in [0.717, 1.165) is 18.9 Å². The normalized spacial score (nSPS) is 20.5. The third kappa shape index (κ3) is 5.01. The maximum absolute atomic E-state index is 5.85. The molecule has 1 N–H and O–H groups in total. The predicted molar refractivity (Wildman–Crippen MR) is 87.1 cm³/mol. The average molecular weight is 291 g/mol. The molecule has 0 radical (unpaired) electrons. The molecule has 2 atom stereocenters. The largest absolute Gasteiger partial charge is 0.492 e. The predicted octanol–water partition coefficient (Wildman–Crippen LogP) is 3.52. The van der Waals surface area contributed by atoms with Crippen molar-refractivity contribution >= 4 is 0 Å². The van der Waals surface area contributed by atoms with Crippen LogP contribution in [0.5, 0.6) is 5.75 Å². The Balaban J connectivity index is 1.73. The molecule has 0 aromatic heterocycles. The lowest BCUT2D eigenvalue weighted by Gasteiger charge is -2.21. The van der Waals surface area contributed by atoms with Gasteiger partial charge >= 0.3 is 0 Å². The maximum Gasteiger partial charge on any atom is 0.119 e. The molecule has 1 aliphatic heterocycles. The summed E-state index contributed by atoms with van der Waals surface area (Å²) in [5.74, 6) is 0.953. The zero-order chi connectivity index (χ0) is 15.3. The Kier molecular flexibility index (Phi) is 5.65. The smallest absolute Gasteiger partial charge is 0.119 e. The molecular formula is C18H29NO2. The highest BCUT2D eigenvalue weighted by Gasteiger charge is 2.21. The molecule has 1 fully saturated rings. The van der Waals surface area contributed by atoms with E-state index in [-0.39, 0.29) is 5.41 Å². The van der Waals surface area contributed by atoms with Crippen LogP contribution >= 0.6 is 0 Å². The van der Waals surface area contributed by atoms with Crippen LogP contribution < -0.4 is 10.1 Å². The van der Waals surface area contributed by atoms with Crippen molar-refractivity contribution in [3.05, 3.63) is 29.8 Å². The first kappa shape index (κ1) is 16.3. The second kappa shape index (κ2) is 7.28. The van der Waals surface area contributed by atoms with Crippen LogP contribution in [0, 0.1) is 0 Å². The number of benzene rings is 1. The lowest BCUT2D eigenvalue weighted by molar-refractivity contribution is 0.0824. The van der Waals surface area contributed by atoms with E-state index < -0.39 is 0 Å². The summed E-state index contributed by atoms with van der Waals surface area (Å²) in [6.45, 7) is 11.3. The average Bonchev–Trinajstić information content (AvgIpc) is 2.97. The standard InChI is InChI=1S/C18H29NO2/c1-14(17-9-6-11-21-17)19-10-12-20-16-8-5-7-15(13-16)18(2,3)4/h5,7-8,13-14,17,19H,6,9-12H2,1-4H3. The van der Waals surface area contributed by atoms with Gasteiger partial charge in [0.2, 0.25) is 0 Å². The van der Waals surface area contributed by atoms with E-state index in [2.05, 4.69) is 51.2 Å². The quantitative estimate of drug-likeness (QED) is 0.814. The van der Waals surface area contributed by atoms with Crippen molar-refractivity contribution in [1.82, 2.24) is 5.32 Å². The van der Waals surface area contributed by atoms with Crippen molar-refractivity contribution in [3.63, 3.8) is 0 Å². The molecule has 0 amide bonds. The highest BCUT2D eigenvalue weighted by Crippen LogP contribution is 2.25. The molecule has 1 saturated heterocycles. The first-order valence-corrected chi connectivity index (χ1v) is 8.05. The van der Waals surface area contributed by atoms with Gasteiger partial charge in [0.15, 0.2) is 0 Å². The fraction of sp³-hybridized carbons (Fsp3) is 0.667. The first-order chi connectivity index (χ1) is 9.97. The third-order valence-corrected chi connectivity index (χ3v) is 4.06. The summed E-state index contributed by atoms with van der Waals surface area (Å²) in [5.41, 5.74) is 1.46. The van der Waals surface area contributed by atoms with Crippen molar-refractivity contribution in [2.45, 2.75) is 58.1 Å². The third-order valence-electron chi connectivity index (χ3n) is 4.06. The Morgan fingerprint density at radius 3 is 2.86 bits per heavy atom. The lowest BCUT2D eigenvalue weighted by atomic mass is 9.87. The summed E-state index contributed by atoms with van der Waals surface area (Å²) in [4.78, 5) is 0. The molecule has 1 heterocycles. The fourth-order valence-electron chi connectivity index (χ4n) is 2.64. The zero-order valence-electron chi connectivity index (χ0n) is 13.8.